The number of nitrogens with one attached hydrogen (secondary N) is 1. The van der Waals surface area contributed by atoms with Crippen molar-refractivity contribution in [2.75, 3.05) is 6.61 Å². The van der Waals surface area contributed by atoms with Crippen molar-refractivity contribution in [1.29, 1.82) is 0 Å². The minimum Gasteiger partial charge on any atom is -0.394 e. The molecule has 0 spiro atoms. The van der Waals surface area contributed by atoms with Gasteiger partial charge >= 0.3 is 0 Å². The zero-order valence-corrected chi connectivity index (χ0v) is 8.70. The van der Waals surface area contributed by atoms with Crippen molar-refractivity contribution >= 4 is 11.0 Å². The standard InChI is InChI=1S/C7H15F2NO2S/c1-7(2,3)13(12)10-5(4-11)6(8)9/h5-6,10-11H,4H2,1-3H3/t5-,13-/m0/s1. The molecule has 0 saturated heterocycles. The van der Waals surface area contributed by atoms with Crippen LogP contribution < -0.4 is 4.72 Å². The molecule has 2 atom stereocenters. The van der Waals surface area contributed by atoms with Crippen LogP contribution >= 0.6 is 0 Å². The number of hydrogen-bond donors (Lipinski definition) is 2. The molecule has 0 unspecified atom stereocenters. The Labute approximate surface area is 79.1 Å². The topological polar surface area (TPSA) is 49.3 Å². The van der Waals surface area contributed by atoms with Gasteiger partial charge in [-0.3, -0.25) is 0 Å². The van der Waals surface area contributed by atoms with Crippen LogP contribution in [0.2, 0.25) is 0 Å². The lowest BCUT2D eigenvalue weighted by molar-refractivity contribution is 0.0766. The molecule has 0 fully saturated rings. The molecule has 80 valence electrons. The van der Waals surface area contributed by atoms with Crippen molar-refractivity contribution in [2.24, 2.45) is 0 Å². The Morgan fingerprint density at radius 2 is 1.92 bits per heavy atom. The first-order valence-corrected chi connectivity index (χ1v) is 5.01. The first-order valence-electron chi connectivity index (χ1n) is 3.86. The summed E-state index contributed by atoms with van der Waals surface area (Å²) >= 11 is 0. The molecule has 0 aliphatic rings. The zero-order valence-electron chi connectivity index (χ0n) is 7.88. The fourth-order valence-electron chi connectivity index (χ4n) is 0.483. The van der Waals surface area contributed by atoms with Crippen LogP contribution in [-0.2, 0) is 11.0 Å². The Balaban J connectivity index is 4.18. The number of aliphatic hydroxyl groups is 1. The number of hydrogen-bond acceptors (Lipinski definition) is 2. The third-order valence-electron chi connectivity index (χ3n) is 1.32. The van der Waals surface area contributed by atoms with Crippen LogP contribution in [0.3, 0.4) is 0 Å². The van der Waals surface area contributed by atoms with E-state index in [0.717, 1.165) is 0 Å². The molecular weight excluding hydrogens is 200 g/mol. The van der Waals surface area contributed by atoms with E-state index in [1.165, 1.54) is 0 Å². The minimum absolute atomic E-state index is 0.609. The Kier molecular flexibility index (Phi) is 4.95. The van der Waals surface area contributed by atoms with E-state index in [-0.39, 0.29) is 0 Å². The summed E-state index contributed by atoms with van der Waals surface area (Å²) in [6.45, 7) is 4.27. The Morgan fingerprint density at radius 1 is 1.46 bits per heavy atom. The quantitative estimate of drug-likeness (QED) is 0.724. The maximum Gasteiger partial charge on any atom is 0.256 e. The van der Waals surface area contributed by atoms with Gasteiger partial charge in [-0.05, 0) is 20.8 Å². The number of alkyl halides is 2. The van der Waals surface area contributed by atoms with E-state index in [1.807, 2.05) is 0 Å². The van der Waals surface area contributed by atoms with Gasteiger partial charge in [-0.15, -0.1) is 0 Å². The van der Waals surface area contributed by atoms with Gasteiger partial charge in [0.25, 0.3) is 6.43 Å². The predicted octanol–water partition coefficient (Wildman–Crippen LogP) is 0.664. The number of rotatable bonds is 4. The van der Waals surface area contributed by atoms with Gasteiger partial charge in [0.2, 0.25) is 0 Å². The second-order valence-corrected chi connectivity index (χ2v) is 5.62. The average Bonchev–Trinajstić information content (AvgIpc) is 1.96. The second kappa shape index (κ2) is 4.97. The largest absolute Gasteiger partial charge is 0.394 e. The predicted molar refractivity (Wildman–Crippen MR) is 47.9 cm³/mol. The third kappa shape index (κ3) is 4.64. The lowest BCUT2D eigenvalue weighted by atomic mass is 10.3. The summed E-state index contributed by atoms with van der Waals surface area (Å²) < 4.78 is 37.0. The SMILES string of the molecule is CC(C)(C)[S@](=O)N[C@@H](CO)C(F)F. The van der Waals surface area contributed by atoms with Gasteiger partial charge in [0, 0.05) is 0 Å². The van der Waals surface area contributed by atoms with Crippen LogP contribution in [0.25, 0.3) is 0 Å². The van der Waals surface area contributed by atoms with E-state index in [0.29, 0.717) is 0 Å². The molecule has 0 heterocycles. The summed E-state index contributed by atoms with van der Waals surface area (Å²) in [6.07, 6.45) is -2.71. The average molecular weight is 215 g/mol. The Morgan fingerprint density at radius 3 is 2.15 bits per heavy atom. The van der Waals surface area contributed by atoms with Crippen molar-refractivity contribution < 1.29 is 18.1 Å². The van der Waals surface area contributed by atoms with Gasteiger partial charge in [0.1, 0.15) is 6.04 Å². The smallest absolute Gasteiger partial charge is 0.256 e. The van der Waals surface area contributed by atoms with Crippen molar-refractivity contribution in [3.63, 3.8) is 0 Å². The van der Waals surface area contributed by atoms with E-state index >= 15 is 0 Å². The van der Waals surface area contributed by atoms with Gasteiger partial charge in [0.05, 0.1) is 22.3 Å². The van der Waals surface area contributed by atoms with Crippen molar-refractivity contribution in [2.45, 2.75) is 38.0 Å². The molecule has 2 N–H and O–H groups in total. The zero-order chi connectivity index (χ0) is 10.6. The summed E-state index contributed by atoms with van der Waals surface area (Å²) in [6, 6.07) is -1.42. The van der Waals surface area contributed by atoms with Crippen LogP contribution in [0.1, 0.15) is 20.8 Å². The van der Waals surface area contributed by atoms with Crippen LogP contribution in [0.4, 0.5) is 8.78 Å². The fraction of sp³-hybridized carbons (Fsp3) is 1.00. The normalized spacial score (nSPS) is 17.5. The van der Waals surface area contributed by atoms with Crippen LogP contribution in [0.5, 0.6) is 0 Å². The molecule has 0 aromatic heterocycles. The molecule has 0 saturated carbocycles. The van der Waals surface area contributed by atoms with Gasteiger partial charge < -0.3 is 5.11 Å². The highest BCUT2D eigenvalue weighted by Crippen LogP contribution is 2.11. The first-order chi connectivity index (χ1) is 5.79. The molecule has 0 amide bonds. The minimum atomic E-state index is -2.71. The Bertz CT molecular complexity index is 182. The molecule has 0 aromatic rings. The molecule has 0 aromatic carbocycles. The summed E-state index contributed by atoms with van der Waals surface area (Å²) in [5.74, 6) is 0. The van der Waals surface area contributed by atoms with Gasteiger partial charge in [0.15, 0.2) is 0 Å². The lowest BCUT2D eigenvalue weighted by Gasteiger charge is -2.22. The maximum absolute atomic E-state index is 12.1. The van der Waals surface area contributed by atoms with Gasteiger partial charge in [-0.25, -0.2) is 17.7 Å². The maximum atomic E-state index is 12.1. The Hall–Kier alpha value is -0.0700. The molecule has 0 rings (SSSR count). The van der Waals surface area contributed by atoms with E-state index in [2.05, 4.69) is 4.72 Å². The van der Waals surface area contributed by atoms with Crippen LogP contribution in [0.15, 0.2) is 0 Å². The highest BCUT2D eigenvalue weighted by atomic mass is 32.2. The molecule has 0 aliphatic carbocycles. The van der Waals surface area contributed by atoms with Crippen LogP contribution in [-0.4, -0.2) is 33.1 Å². The highest BCUT2D eigenvalue weighted by molar-refractivity contribution is 7.84. The number of aliphatic hydroxyl groups excluding tert-OH is 1. The monoisotopic (exact) mass is 215 g/mol. The fourth-order valence-corrected chi connectivity index (χ4v) is 1.29. The molecule has 0 radical (unpaired) electrons. The molecule has 3 nitrogen and oxygen atoms in total. The van der Waals surface area contributed by atoms with Crippen molar-refractivity contribution in [1.82, 2.24) is 4.72 Å². The van der Waals surface area contributed by atoms with E-state index < -0.39 is 34.8 Å². The van der Waals surface area contributed by atoms with E-state index in [4.69, 9.17) is 5.11 Å². The second-order valence-electron chi connectivity index (χ2n) is 3.62. The molecule has 13 heavy (non-hydrogen) atoms. The van der Waals surface area contributed by atoms with Gasteiger partial charge in [-0.1, -0.05) is 0 Å². The highest BCUT2D eigenvalue weighted by Gasteiger charge is 2.26. The van der Waals surface area contributed by atoms with E-state index in [1.54, 1.807) is 20.8 Å². The van der Waals surface area contributed by atoms with E-state index in [9.17, 15) is 13.0 Å². The first kappa shape index (κ1) is 12.9. The molecular formula is C7H15F2NO2S. The van der Waals surface area contributed by atoms with Crippen molar-refractivity contribution in [3.05, 3.63) is 0 Å². The summed E-state index contributed by atoms with van der Waals surface area (Å²) in [5, 5.41) is 8.53. The van der Waals surface area contributed by atoms with Gasteiger partial charge in [-0.2, -0.15) is 0 Å². The summed E-state index contributed by atoms with van der Waals surface area (Å²) in [7, 11) is -1.58. The van der Waals surface area contributed by atoms with Crippen molar-refractivity contribution in [3.8, 4) is 0 Å². The third-order valence-corrected chi connectivity index (χ3v) is 2.94. The molecule has 6 heteroatoms. The molecule has 0 aliphatic heterocycles. The summed E-state index contributed by atoms with van der Waals surface area (Å²) in [4.78, 5) is 0. The molecule has 0 bridgehead atoms. The number of halogens is 2. The summed E-state index contributed by atoms with van der Waals surface area (Å²) in [5.41, 5.74) is 0. The lowest BCUT2D eigenvalue weighted by Crippen LogP contribution is -2.45. The van der Waals surface area contributed by atoms with Crippen LogP contribution in [0, 0.1) is 0 Å².